The van der Waals surface area contributed by atoms with E-state index in [-0.39, 0.29) is 24.4 Å². The van der Waals surface area contributed by atoms with Crippen LogP contribution in [0.2, 0.25) is 5.02 Å². The molecular formula is C21H21ClF2N2O4. The maximum atomic E-state index is 13.5. The Morgan fingerprint density at radius 2 is 1.83 bits per heavy atom. The normalized spacial score (nSPS) is 12.4. The zero-order valence-corrected chi connectivity index (χ0v) is 16.9. The number of rotatable bonds is 8. The van der Waals surface area contributed by atoms with Crippen molar-refractivity contribution in [2.75, 3.05) is 26.3 Å². The molecule has 2 N–H and O–H groups in total. The summed E-state index contributed by atoms with van der Waals surface area (Å²) in [6.45, 7) is 1.54. The molecule has 0 fully saturated rings. The number of fused-ring (bicyclic) bond motifs is 1. The van der Waals surface area contributed by atoms with Gasteiger partial charge in [0.05, 0.1) is 10.6 Å². The number of nitrogens with one attached hydrogen (secondary N) is 2. The summed E-state index contributed by atoms with van der Waals surface area (Å²) in [5.41, 5.74) is 0.678. The molecule has 1 aliphatic rings. The van der Waals surface area contributed by atoms with E-state index in [2.05, 4.69) is 10.6 Å². The molecule has 0 saturated carbocycles. The topological polar surface area (TPSA) is 76.7 Å². The third-order valence-electron chi connectivity index (χ3n) is 4.43. The van der Waals surface area contributed by atoms with Crippen molar-refractivity contribution in [2.24, 2.45) is 0 Å². The Bertz CT molecular complexity index is 939. The smallest absolute Gasteiger partial charge is 0.254 e. The molecule has 0 spiro atoms. The van der Waals surface area contributed by atoms with Crippen LogP contribution < -0.4 is 20.1 Å². The summed E-state index contributed by atoms with van der Waals surface area (Å²) >= 11 is 6.19. The highest BCUT2D eigenvalue weighted by atomic mass is 35.5. The molecule has 30 heavy (non-hydrogen) atoms. The predicted octanol–water partition coefficient (Wildman–Crippen LogP) is 3.26. The van der Waals surface area contributed by atoms with Crippen molar-refractivity contribution in [1.82, 2.24) is 10.6 Å². The molecule has 1 heterocycles. The van der Waals surface area contributed by atoms with Crippen LogP contribution in [0, 0.1) is 11.6 Å². The molecule has 0 unspecified atom stereocenters. The van der Waals surface area contributed by atoms with E-state index in [0.29, 0.717) is 55.2 Å². The van der Waals surface area contributed by atoms with E-state index >= 15 is 0 Å². The number of hydrogen-bond donors (Lipinski definition) is 2. The fraction of sp³-hybridized carbons (Fsp3) is 0.333. The van der Waals surface area contributed by atoms with Crippen LogP contribution in [0.3, 0.4) is 0 Å². The van der Waals surface area contributed by atoms with E-state index in [1.54, 1.807) is 6.07 Å². The van der Waals surface area contributed by atoms with Gasteiger partial charge in [0, 0.05) is 25.6 Å². The van der Waals surface area contributed by atoms with Gasteiger partial charge in [-0.15, -0.1) is 0 Å². The Morgan fingerprint density at radius 1 is 1.03 bits per heavy atom. The van der Waals surface area contributed by atoms with Gasteiger partial charge in [0.1, 0.15) is 24.8 Å². The van der Waals surface area contributed by atoms with Gasteiger partial charge in [-0.3, -0.25) is 9.59 Å². The van der Waals surface area contributed by atoms with Crippen molar-refractivity contribution in [3.05, 3.63) is 58.1 Å². The summed E-state index contributed by atoms with van der Waals surface area (Å²) in [5, 5.41) is 5.78. The summed E-state index contributed by atoms with van der Waals surface area (Å²) in [5.74, 6) is -1.35. The van der Waals surface area contributed by atoms with E-state index in [0.717, 1.165) is 17.7 Å². The fourth-order valence-electron chi connectivity index (χ4n) is 2.96. The van der Waals surface area contributed by atoms with Crippen LogP contribution >= 0.6 is 11.6 Å². The van der Waals surface area contributed by atoms with E-state index in [4.69, 9.17) is 21.1 Å². The molecule has 0 aliphatic carbocycles. The van der Waals surface area contributed by atoms with Gasteiger partial charge in [0.2, 0.25) is 5.91 Å². The van der Waals surface area contributed by atoms with Crippen LogP contribution in [-0.2, 0) is 11.2 Å². The van der Waals surface area contributed by atoms with Gasteiger partial charge in [-0.1, -0.05) is 11.6 Å². The first kappa shape index (κ1) is 21.8. The highest BCUT2D eigenvalue weighted by Gasteiger charge is 2.16. The molecule has 0 saturated heterocycles. The molecule has 6 nitrogen and oxygen atoms in total. The Labute approximate surface area is 177 Å². The SMILES string of the molecule is O=C(CCCNC(=O)c1ccc(F)cc1F)NCCc1cc(Cl)c2c(c1)OCCO2. The number of carbonyl (C=O) groups is 2. The lowest BCUT2D eigenvalue weighted by Crippen LogP contribution is -2.29. The minimum atomic E-state index is -0.926. The van der Waals surface area contributed by atoms with Gasteiger partial charge in [-0.25, -0.2) is 8.78 Å². The quantitative estimate of drug-likeness (QED) is 0.620. The second kappa shape index (κ2) is 10.2. The predicted molar refractivity (Wildman–Crippen MR) is 107 cm³/mol. The maximum absolute atomic E-state index is 13.5. The van der Waals surface area contributed by atoms with Gasteiger partial charge in [-0.2, -0.15) is 0 Å². The maximum Gasteiger partial charge on any atom is 0.254 e. The van der Waals surface area contributed by atoms with E-state index in [1.807, 2.05) is 6.07 Å². The Kier molecular flexibility index (Phi) is 7.46. The number of amides is 2. The van der Waals surface area contributed by atoms with Crippen LogP contribution in [0.5, 0.6) is 11.5 Å². The van der Waals surface area contributed by atoms with Gasteiger partial charge in [0.25, 0.3) is 5.91 Å². The van der Waals surface area contributed by atoms with Crippen LogP contribution in [-0.4, -0.2) is 38.1 Å². The molecule has 0 bridgehead atoms. The minimum absolute atomic E-state index is 0.166. The number of halogens is 3. The van der Waals surface area contributed by atoms with Crippen LogP contribution in [0.25, 0.3) is 0 Å². The molecular weight excluding hydrogens is 418 g/mol. The third kappa shape index (κ3) is 5.82. The second-order valence-electron chi connectivity index (χ2n) is 6.69. The second-order valence-corrected chi connectivity index (χ2v) is 7.09. The largest absolute Gasteiger partial charge is 0.486 e. The van der Waals surface area contributed by atoms with E-state index < -0.39 is 17.5 Å². The summed E-state index contributed by atoms with van der Waals surface area (Å²) in [6, 6.07) is 6.37. The van der Waals surface area contributed by atoms with Gasteiger partial charge in [0.15, 0.2) is 11.5 Å². The van der Waals surface area contributed by atoms with Crippen molar-refractivity contribution in [1.29, 1.82) is 0 Å². The summed E-state index contributed by atoms with van der Waals surface area (Å²) in [7, 11) is 0. The lowest BCUT2D eigenvalue weighted by atomic mass is 10.1. The average Bonchev–Trinajstić information content (AvgIpc) is 2.71. The Balaban J connectivity index is 1.35. The molecule has 160 valence electrons. The summed E-state index contributed by atoms with van der Waals surface area (Å²) in [4.78, 5) is 23.8. The zero-order chi connectivity index (χ0) is 21.5. The Morgan fingerprint density at radius 3 is 2.63 bits per heavy atom. The van der Waals surface area contributed by atoms with E-state index in [1.165, 1.54) is 0 Å². The number of benzene rings is 2. The van der Waals surface area contributed by atoms with Gasteiger partial charge < -0.3 is 20.1 Å². The van der Waals surface area contributed by atoms with Crippen LogP contribution in [0.1, 0.15) is 28.8 Å². The van der Waals surface area contributed by atoms with Crippen molar-refractivity contribution in [2.45, 2.75) is 19.3 Å². The molecule has 9 heteroatoms. The third-order valence-corrected chi connectivity index (χ3v) is 4.72. The van der Waals surface area contributed by atoms with Crippen LogP contribution in [0.15, 0.2) is 30.3 Å². The summed E-state index contributed by atoms with van der Waals surface area (Å²) < 4.78 is 37.4. The molecule has 0 radical (unpaired) electrons. The van der Waals surface area contributed by atoms with Crippen molar-refractivity contribution in [3.63, 3.8) is 0 Å². The molecule has 2 aromatic carbocycles. The number of carbonyl (C=O) groups excluding carboxylic acids is 2. The van der Waals surface area contributed by atoms with Gasteiger partial charge in [-0.05, 0) is 42.7 Å². The lowest BCUT2D eigenvalue weighted by molar-refractivity contribution is -0.121. The lowest BCUT2D eigenvalue weighted by Gasteiger charge is -2.20. The number of hydrogen-bond acceptors (Lipinski definition) is 4. The highest BCUT2D eigenvalue weighted by Crippen LogP contribution is 2.38. The Hall–Kier alpha value is -2.87. The molecule has 2 aromatic rings. The fourth-order valence-corrected chi connectivity index (χ4v) is 3.25. The van der Waals surface area contributed by atoms with Gasteiger partial charge >= 0.3 is 0 Å². The van der Waals surface area contributed by atoms with Crippen molar-refractivity contribution in [3.8, 4) is 11.5 Å². The monoisotopic (exact) mass is 438 g/mol. The standard InChI is InChI=1S/C21H21ClF2N2O4/c22-16-10-13(11-18-20(16)30-9-8-29-18)5-7-25-19(27)2-1-6-26-21(28)15-4-3-14(23)12-17(15)24/h3-4,10-12H,1-2,5-9H2,(H,25,27)(H,26,28). The minimum Gasteiger partial charge on any atom is -0.486 e. The summed E-state index contributed by atoms with van der Waals surface area (Å²) in [6.07, 6.45) is 1.16. The van der Waals surface area contributed by atoms with Crippen molar-refractivity contribution >= 4 is 23.4 Å². The molecule has 0 atom stereocenters. The molecule has 3 rings (SSSR count). The molecule has 0 aromatic heterocycles. The first-order chi connectivity index (χ1) is 14.4. The zero-order valence-electron chi connectivity index (χ0n) is 16.1. The molecule has 2 amide bonds. The van der Waals surface area contributed by atoms with Crippen molar-refractivity contribution < 1.29 is 27.8 Å². The first-order valence-electron chi connectivity index (χ1n) is 9.52. The average molecular weight is 439 g/mol. The molecule has 1 aliphatic heterocycles. The van der Waals surface area contributed by atoms with Crippen LogP contribution in [0.4, 0.5) is 8.78 Å². The first-order valence-corrected chi connectivity index (χ1v) is 9.90. The van der Waals surface area contributed by atoms with E-state index in [9.17, 15) is 18.4 Å². The number of ether oxygens (including phenoxy) is 2. The highest BCUT2D eigenvalue weighted by molar-refractivity contribution is 6.32.